The first-order valence-corrected chi connectivity index (χ1v) is 8.95. The Bertz CT molecular complexity index is 461. The Kier molecular flexibility index (Phi) is 6.06. The molecule has 0 aliphatic carbocycles. The van der Waals surface area contributed by atoms with E-state index in [9.17, 15) is 0 Å². The highest BCUT2D eigenvalue weighted by atomic mass is 79.9. The molecule has 1 aliphatic heterocycles. The third-order valence-electron chi connectivity index (χ3n) is 4.28. The van der Waals surface area contributed by atoms with Gasteiger partial charge >= 0.3 is 0 Å². The molecule has 4 heteroatoms. The molecule has 1 aliphatic rings. The summed E-state index contributed by atoms with van der Waals surface area (Å²) in [5.41, 5.74) is 1.30. The molecule has 1 aromatic heterocycles. The lowest BCUT2D eigenvalue weighted by molar-refractivity contribution is 0.548. The zero-order chi connectivity index (χ0) is 15.4. The summed E-state index contributed by atoms with van der Waals surface area (Å²) in [5.74, 6) is 1.84. The summed E-state index contributed by atoms with van der Waals surface area (Å²) in [7, 11) is 0. The second-order valence-electron chi connectivity index (χ2n) is 6.56. The molecular weight excluding hydrogens is 326 g/mol. The summed E-state index contributed by atoms with van der Waals surface area (Å²) in [6.45, 7) is 11.0. The van der Waals surface area contributed by atoms with Crippen LogP contribution in [0.25, 0.3) is 0 Å². The summed E-state index contributed by atoms with van der Waals surface area (Å²) < 4.78 is 1.06. The van der Waals surface area contributed by atoms with Crippen LogP contribution in [-0.4, -0.2) is 23.6 Å². The number of hydrogen-bond donors (Lipinski definition) is 1. The van der Waals surface area contributed by atoms with Crippen molar-refractivity contribution < 1.29 is 0 Å². The third kappa shape index (κ3) is 4.19. The molecule has 0 radical (unpaired) electrons. The van der Waals surface area contributed by atoms with Crippen LogP contribution in [0, 0.1) is 5.92 Å². The molecule has 118 valence electrons. The highest BCUT2D eigenvalue weighted by Crippen LogP contribution is 2.33. The lowest BCUT2D eigenvalue weighted by Crippen LogP contribution is -2.36. The van der Waals surface area contributed by atoms with Crippen molar-refractivity contribution in [3.05, 3.63) is 22.3 Å². The van der Waals surface area contributed by atoms with Gasteiger partial charge in [-0.2, -0.15) is 0 Å². The number of aromatic nitrogens is 1. The molecule has 1 aromatic rings. The first-order valence-electron chi connectivity index (χ1n) is 8.16. The van der Waals surface area contributed by atoms with Crippen LogP contribution in [0.3, 0.4) is 0 Å². The largest absolute Gasteiger partial charge is 0.351 e. The van der Waals surface area contributed by atoms with Crippen molar-refractivity contribution in [3.63, 3.8) is 0 Å². The number of anilines is 1. The van der Waals surface area contributed by atoms with Crippen LogP contribution in [0.2, 0.25) is 0 Å². The number of pyridine rings is 1. The molecule has 21 heavy (non-hydrogen) atoms. The highest BCUT2D eigenvalue weighted by Gasteiger charge is 2.31. The molecule has 0 spiro atoms. The minimum atomic E-state index is 0.590. The van der Waals surface area contributed by atoms with Crippen LogP contribution < -0.4 is 10.2 Å². The predicted molar refractivity (Wildman–Crippen MR) is 93.7 cm³/mol. The predicted octanol–water partition coefficient (Wildman–Crippen LogP) is 4.36. The highest BCUT2D eigenvalue weighted by molar-refractivity contribution is 9.10. The number of halogens is 1. The number of rotatable bonds is 6. The zero-order valence-electron chi connectivity index (χ0n) is 13.7. The van der Waals surface area contributed by atoms with E-state index >= 15 is 0 Å². The molecule has 0 bridgehead atoms. The monoisotopic (exact) mass is 353 g/mol. The van der Waals surface area contributed by atoms with E-state index in [2.05, 4.69) is 59.9 Å². The maximum Gasteiger partial charge on any atom is 0.133 e. The van der Waals surface area contributed by atoms with E-state index in [1.807, 2.05) is 6.20 Å². The van der Waals surface area contributed by atoms with Gasteiger partial charge in [-0.25, -0.2) is 4.98 Å². The molecule has 2 unspecified atom stereocenters. The van der Waals surface area contributed by atoms with Crippen LogP contribution in [0.1, 0.15) is 52.5 Å². The summed E-state index contributed by atoms with van der Waals surface area (Å²) in [6.07, 6.45) is 5.68. The van der Waals surface area contributed by atoms with Gasteiger partial charge in [0.25, 0.3) is 0 Å². The third-order valence-corrected chi connectivity index (χ3v) is 4.71. The van der Waals surface area contributed by atoms with Gasteiger partial charge in [0, 0.05) is 34.9 Å². The molecule has 1 N–H and O–H groups in total. The fourth-order valence-corrected chi connectivity index (χ4v) is 3.56. The molecule has 2 heterocycles. The molecule has 2 rings (SSSR count). The van der Waals surface area contributed by atoms with Crippen molar-refractivity contribution in [1.29, 1.82) is 0 Å². The van der Waals surface area contributed by atoms with E-state index < -0.39 is 0 Å². The number of hydrogen-bond acceptors (Lipinski definition) is 3. The zero-order valence-corrected chi connectivity index (χ0v) is 15.3. The average molecular weight is 354 g/mol. The summed E-state index contributed by atoms with van der Waals surface area (Å²) in [4.78, 5) is 7.29. The molecule has 0 amide bonds. The fraction of sp³-hybridized carbons (Fsp3) is 0.706. The quantitative estimate of drug-likeness (QED) is 0.823. The molecule has 0 saturated carbocycles. The van der Waals surface area contributed by atoms with Gasteiger partial charge in [0.15, 0.2) is 0 Å². The Balaban J connectivity index is 2.21. The van der Waals surface area contributed by atoms with E-state index in [1.165, 1.54) is 30.6 Å². The van der Waals surface area contributed by atoms with E-state index in [1.54, 1.807) is 0 Å². The first-order chi connectivity index (χ1) is 10.0. The summed E-state index contributed by atoms with van der Waals surface area (Å²) in [6, 6.07) is 3.44. The smallest absolute Gasteiger partial charge is 0.133 e. The number of nitrogens with zero attached hydrogens (tertiary/aromatic N) is 2. The second-order valence-corrected chi connectivity index (χ2v) is 7.47. The van der Waals surface area contributed by atoms with Gasteiger partial charge in [-0.1, -0.05) is 20.8 Å². The van der Waals surface area contributed by atoms with Crippen LogP contribution >= 0.6 is 15.9 Å². The minimum absolute atomic E-state index is 0.590. The Morgan fingerprint density at radius 1 is 1.43 bits per heavy atom. The van der Waals surface area contributed by atoms with Crippen molar-refractivity contribution in [2.45, 2.75) is 65.6 Å². The van der Waals surface area contributed by atoms with Crippen molar-refractivity contribution in [3.8, 4) is 0 Å². The van der Waals surface area contributed by atoms with Gasteiger partial charge in [-0.05, 0) is 60.6 Å². The topological polar surface area (TPSA) is 28.2 Å². The summed E-state index contributed by atoms with van der Waals surface area (Å²) in [5, 5.41) is 3.55. The Hall–Kier alpha value is -0.610. The molecule has 3 nitrogen and oxygen atoms in total. The van der Waals surface area contributed by atoms with Crippen LogP contribution in [0.5, 0.6) is 0 Å². The Labute approximate surface area is 137 Å². The average Bonchev–Trinajstić information content (AvgIpc) is 2.80. The van der Waals surface area contributed by atoms with Gasteiger partial charge < -0.3 is 10.2 Å². The van der Waals surface area contributed by atoms with Crippen molar-refractivity contribution >= 4 is 21.7 Å². The lowest BCUT2D eigenvalue weighted by Gasteiger charge is -2.31. The molecular formula is C17H28BrN3. The van der Waals surface area contributed by atoms with Crippen molar-refractivity contribution in [2.24, 2.45) is 5.92 Å². The van der Waals surface area contributed by atoms with Crippen LogP contribution in [-0.2, 0) is 6.54 Å². The van der Waals surface area contributed by atoms with Crippen LogP contribution in [0.15, 0.2) is 16.7 Å². The SMILES string of the molecule is CCC1CCC(C)N1c1ncc(Br)cc1CNCC(C)C. The van der Waals surface area contributed by atoms with E-state index in [0.29, 0.717) is 18.0 Å². The maximum atomic E-state index is 4.75. The van der Waals surface area contributed by atoms with Gasteiger partial charge in [-0.15, -0.1) is 0 Å². The molecule has 1 fully saturated rings. The standard InChI is InChI=1S/C17H28BrN3/c1-5-16-7-6-13(4)21(16)17-14(8-15(18)11-20-17)10-19-9-12(2)3/h8,11-13,16,19H,5-7,9-10H2,1-4H3. The van der Waals surface area contributed by atoms with Gasteiger partial charge in [0.1, 0.15) is 5.82 Å². The Morgan fingerprint density at radius 3 is 2.86 bits per heavy atom. The first kappa shape index (κ1) is 16.8. The van der Waals surface area contributed by atoms with Crippen molar-refractivity contribution in [2.75, 3.05) is 11.4 Å². The van der Waals surface area contributed by atoms with Gasteiger partial charge in [-0.3, -0.25) is 0 Å². The fourth-order valence-electron chi connectivity index (χ4n) is 3.19. The lowest BCUT2D eigenvalue weighted by atomic mass is 10.1. The maximum absolute atomic E-state index is 4.75. The minimum Gasteiger partial charge on any atom is -0.351 e. The van der Waals surface area contributed by atoms with E-state index in [-0.39, 0.29) is 0 Å². The van der Waals surface area contributed by atoms with Gasteiger partial charge in [0.2, 0.25) is 0 Å². The summed E-state index contributed by atoms with van der Waals surface area (Å²) >= 11 is 3.56. The number of nitrogens with one attached hydrogen (secondary N) is 1. The van der Waals surface area contributed by atoms with E-state index in [4.69, 9.17) is 4.98 Å². The molecule has 0 aromatic carbocycles. The molecule has 1 saturated heterocycles. The van der Waals surface area contributed by atoms with Crippen molar-refractivity contribution in [1.82, 2.24) is 10.3 Å². The van der Waals surface area contributed by atoms with Crippen LogP contribution in [0.4, 0.5) is 5.82 Å². The second kappa shape index (κ2) is 7.59. The van der Waals surface area contributed by atoms with E-state index in [0.717, 1.165) is 17.6 Å². The normalized spacial score (nSPS) is 22.3. The molecule has 2 atom stereocenters. The Morgan fingerprint density at radius 2 is 2.19 bits per heavy atom. The van der Waals surface area contributed by atoms with Gasteiger partial charge in [0.05, 0.1) is 0 Å².